The largest absolute Gasteiger partial charge is 0.490 e. The molecule has 0 saturated carbocycles. The quantitative estimate of drug-likeness (QED) is 0.548. The van der Waals surface area contributed by atoms with E-state index >= 15 is 0 Å². The number of amides is 1. The SMILES string of the molecule is CCOc1ccc([C@H]2CC(=O)Nc3c(S(=O)(=O)c4ccccc4)csc32)cc1OCC. The van der Waals surface area contributed by atoms with Crippen molar-refractivity contribution in [2.75, 3.05) is 18.5 Å². The van der Waals surface area contributed by atoms with E-state index in [1.165, 1.54) is 11.3 Å². The predicted molar refractivity (Wildman–Crippen MR) is 120 cm³/mol. The van der Waals surface area contributed by atoms with Crippen LogP contribution in [-0.4, -0.2) is 27.5 Å². The lowest BCUT2D eigenvalue weighted by Gasteiger charge is -2.24. The highest BCUT2D eigenvalue weighted by Crippen LogP contribution is 2.47. The standard InChI is InChI=1S/C23H23NO5S2/c1-3-28-18-11-10-15(12-19(18)29-4-2)17-13-21(25)24-22-20(14-30-23(17)22)31(26,27)16-8-6-5-7-9-16/h5-12,14,17H,3-4,13H2,1-2H3,(H,24,25)/t17-/m1/s1. The first kappa shape index (κ1) is 21.4. The lowest BCUT2D eigenvalue weighted by Crippen LogP contribution is -2.23. The van der Waals surface area contributed by atoms with Gasteiger partial charge in [-0.2, -0.15) is 0 Å². The van der Waals surface area contributed by atoms with Crippen molar-refractivity contribution >= 4 is 32.8 Å². The second-order valence-corrected chi connectivity index (χ2v) is 9.86. The second-order valence-electron chi connectivity index (χ2n) is 7.03. The molecule has 3 aromatic rings. The minimum Gasteiger partial charge on any atom is -0.490 e. The summed E-state index contributed by atoms with van der Waals surface area (Å²) in [7, 11) is -3.75. The zero-order valence-corrected chi connectivity index (χ0v) is 18.9. The molecule has 4 rings (SSSR count). The van der Waals surface area contributed by atoms with E-state index in [-0.39, 0.29) is 28.0 Å². The molecule has 2 heterocycles. The van der Waals surface area contributed by atoms with Crippen LogP contribution in [0.25, 0.3) is 0 Å². The molecule has 1 amide bonds. The van der Waals surface area contributed by atoms with Crippen molar-refractivity contribution in [1.29, 1.82) is 0 Å². The van der Waals surface area contributed by atoms with Crippen molar-refractivity contribution in [3.63, 3.8) is 0 Å². The van der Waals surface area contributed by atoms with Crippen LogP contribution in [0.2, 0.25) is 0 Å². The number of sulfone groups is 1. The lowest BCUT2D eigenvalue weighted by molar-refractivity contribution is -0.116. The molecule has 0 fully saturated rings. The van der Waals surface area contributed by atoms with Crippen LogP contribution in [0.1, 0.15) is 36.6 Å². The Morgan fingerprint density at radius 3 is 2.45 bits per heavy atom. The van der Waals surface area contributed by atoms with Gasteiger partial charge in [0.05, 0.1) is 23.8 Å². The highest BCUT2D eigenvalue weighted by Gasteiger charge is 2.34. The summed E-state index contributed by atoms with van der Waals surface area (Å²) in [5.74, 6) is 0.783. The number of hydrogen-bond donors (Lipinski definition) is 1. The van der Waals surface area contributed by atoms with Gasteiger partial charge in [-0.05, 0) is 43.7 Å². The van der Waals surface area contributed by atoms with Gasteiger partial charge in [0.2, 0.25) is 15.7 Å². The van der Waals surface area contributed by atoms with Gasteiger partial charge in [0.1, 0.15) is 4.90 Å². The van der Waals surface area contributed by atoms with Gasteiger partial charge in [0.25, 0.3) is 0 Å². The van der Waals surface area contributed by atoms with E-state index in [1.807, 2.05) is 32.0 Å². The summed E-state index contributed by atoms with van der Waals surface area (Å²) in [6.07, 6.45) is 0.234. The highest BCUT2D eigenvalue weighted by molar-refractivity contribution is 7.91. The molecule has 1 aliphatic heterocycles. The molecule has 1 aromatic heterocycles. The van der Waals surface area contributed by atoms with Gasteiger partial charge in [-0.25, -0.2) is 8.42 Å². The monoisotopic (exact) mass is 457 g/mol. The maximum atomic E-state index is 13.2. The Hall–Kier alpha value is -2.84. The van der Waals surface area contributed by atoms with Crippen LogP contribution in [0.4, 0.5) is 5.69 Å². The molecule has 2 aromatic carbocycles. The van der Waals surface area contributed by atoms with E-state index in [0.29, 0.717) is 30.4 Å². The molecule has 1 N–H and O–H groups in total. The van der Waals surface area contributed by atoms with E-state index in [9.17, 15) is 13.2 Å². The minimum absolute atomic E-state index is 0.132. The van der Waals surface area contributed by atoms with Crippen LogP contribution in [-0.2, 0) is 14.6 Å². The minimum atomic E-state index is -3.75. The zero-order valence-electron chi connectivity index (χ0n) is 17.3. The Labute approximate surface area is 185 Å². The van der Waals surface area contributed by atoms with Crippen molar-refractivity contribution in [3.05, 3.63) is 64.4 Å². The van der Waals surface area contributed by atoms with Gasteiger partial charge < -0.3 is 14.8 Å². The molecule has 0 radical (unpaired) electrons. The molecule has 1 atom stereocenters. The molecule has 6 nitrogen and oxygen atoms in total. The van der Waals surface area contributed by atoms with Gasteiger partial charge in [-0.15, -0.1) is 11.3 Å². The van der Waals surface area contributed by atoms with E-state index < -0.39 is 9.84 Å². The molecule has 31 heavy (non-hydrogen) atoms. The molecule has 8 heteroatoms. The summed E-state index contributed by atoms with van der Waals surface area (Å²) in [6.45, 7) is 4.80. The fraction of sp³-hybridized carbons (Fsp3) is 0.261. The molecule has 162 valence electrons. The third kappa shape index (κ3) is 4.05. The van der Waals surface area contributed by atoms with Crippen LogP contribution < -0.4 is 14.8 Å². The fourth-order valence-corrected chi connectivity index (χ4v) is 6.61. The van der Waals surface area contributed by atoms with Gasteiger partial charge in [-0.1, -0.05) is 24.3 Å². The molecule has 0 aliphatic carbocycles. The number of nitrogens with one attached hydrogen (secondary N) is 1. The molecule has 0 bridgehead atoms. The molecular weight excluding hydrogens is 434 g/mol. The third-order valence-electron chi connectivity index (χ3n) is 5.07. The van der Waals surface area contributed by atoms with Gasteiger partial charge in [0.15, 0.2) is 11.5 Å². The first-order valence-corrected chi connectivity index (χ1v) is 12.4. The topological polar surface area (TPSA) is 81.7 Å². The number of hydrogen-bond acceptors (Lipinski definition) is 6. The van der Waals surface area contributed by atoms with Crippen LogP contribution in [0, 0.1) is 0 Å². The van der Waals surface area contributed by atoms with Crippen molar-refractivity contribution in [3.8, 4) is 11.5 Å². The van der Waals surface area contributed by atoms with E-state index in [4.69, 9.17) is 9.47 Å². The predicted octanol–water partition coefficient (Wildman–Crippen LogP) is 4.85. The molecule has 1 aliphatic rings. The first-order chi connectivity index (χ1) is 15.0. The lowest BCUT2D eigenvalue weighted by atomic mass is 9.90. The highest BCUT2D eigenvalue weighted by atomic mass is 32.2. The summed E-state index contributed by atoms with van der Waals surface area (Å²) < 4.78 is 37.8. The second kappa shape index (κ2) is 8.72. The molecule has 0 unspecified atom stereocenters. The number of ether oxygens (including phenoxy) is 2. The van der Waals surface area contributed by atoms with Gasteiger partial charge in [-0.3, -0.25) is 4.79 Å². The Balaban J connectivity index is 1.78. The van der Waals surface area contributed by atoms with Crippen molar-refractivity contribution in [1.82, 2.24) is 0 Å². The van der Waals surface area contributed by atoms with Crippen LogP contribution in [0.15, 0.2) is 63.7 Å². The maximum Gasteiger partial charge on any atom is 0.225 e. The number of anilines is 1. The number of carbonyl (C=O) groups excluding carboxylic acids is 1. The van der Waals surface area contributed by atoms with Gasteiger partial charge >= 0.3 is 0 Å². The summed E-state index contributed by atoms with van der Waals surface area (Å²) in [4.78, 5) is 13.7. The number of carbonyl (C=O) groups is 1. The maximum absolute atomic E-state index is 13.2. The zero-order chi connectivity index (χ0) is 22.0. The number of thiophene rings is 1. The third-order valence-corrected chi connectivity index (χ3v) is 8.11. The fourth-order valence-electron chi connectivity index (χ4n) is 3.68. The smallest absolute Gasteiger partial charge is 0.225 e. The normalized spacial score (nSPS) is 15.8. The average molecular weight is 458 g/mol. The Bertz CT molecular complexity index is 1200. The van der Waals surface area contributed by atoms with Gasteiger partial charge in [0, 0.05) is 22.6 Å². The number of rotatable bonds is 7. The Kier molecular flexibility index (Phi) is 6.02. The summed E-state index contributed by atoms with van der Waals surface area (Å²) in [6, 6.07) is 13.9. The van der Waals surface area contributed by atoms with Crippen LogP contribution >= 0.6 is 11.3 Å². The Morgan fingerprint density at radius 1 is 1.03 bits per heavy atom. The van der Waals surface area contributed by atoms with Crippen LogP contribution in [0.5, 0.6) is 11.5 Å². The van der Waals surface area contributed by atoms with Crippen LogP contribution in [0.3, 0.4) is 0 Å². The average Bonchev–Trinajstić information content (AvgIpc) is 3.20. The van der Waals surface area contributed by atoms with E-state index in [1.54, 1.807) is 35.7 Å². The van der Waals surface area contributed by atoms with Crippen molar-refractivity contribution in [2.24, 2.45) is 0 Å². The summed E-state index contributed by atoms with van der Waals surface area (Å²) in [5, 5.41) is 4.41. The van der Waals surface area contributed by atoms with Crippen molar-refractivity contribution in [2.45, 2.75) is 36.0 Å². The summed E-state index contributed by atoms with van der Waals surface area (Å²) >= 11 is 1.35. The van der Waals surface area contributed by atoms with E-state index in [2.05, 4.69) is 5.32 Å². The number of fused-ring (bicyclic) bond motifs is 1. The molecule has 0 saturated heterocycles. The Morgan fingerprint density at radius 2 is 1.74 bits per heavy atom. The number of benzene rings is 2. The first-order valence-electron chi connectivity index (χ1n) is 10.1. The van der Waals surface area contributed by atoms with E-state index in [0.717, 1.165) is 10.4 Å². The van der Waals surface area contributed by atoms with Crippen molar-refractivity contribution < 1.29 is 22.7 Å². The molecular formula is C23H23NO5S2. The summed E-state index contributed by atoms with van der Waals surface area (Å²) in [5.41, 5.74) is 1.26. The molecule has 0 spiro atoms.